The Morgan fingerprint density at radius 1 is 1.08 bits per heavy atom. The van der Waals surface area contributed by atoms with Crippen molar-refractivity contribution in [2.24, 2.45) is 0 Å². The summed E-state index contributed by atoms with van der Waals surface area (Å²) in [7, 11) is -3.90. The largest absolute Gasteiger partial charge is 0.462 e. The van der Waals surface area contributed by atoms with E-state index in [4.69, 9.17) is 4.74 Å². The summed E-state index contributed by atoms with van der Waals surface area (Å²) in [5.41, 5.74) is 1.35. The van der Waals surface area contributed by atoms with Crippen LogP contribution in [0.15, 0.2) is 57.9 Å². The lowest BCUT2D eigenvalue weighted by molar-refractivity contribution is -0.145. The van der Waals surface area contributed by atoms with E-state index in [0.717, 1.165) is 14.3 Å². The van der Waals surface area contributed by atoms with Crippen LogP contribution in [0.4, 0.5) is 5.69 Å². The van der Waals surface area contributed by atoms with Crippen molar-refractivity contribution in [1.82, 2.24) is 0 Å². The van der Waals surface area contributed by atoms with Gasteiger partial charge in [0.15, 0.2) is 0 Å². The highest BCUT2D eigenvalue weighted by Gasteiger charge is 2.28. The Balaban J connectivity index is 2.44. The number of hydrogen-bond acceptors (Lipinski definition) is 4. The van der Waals surface area contributed by atoms with Gasteiger partial charge < -0.3 is 4.74 Å². The van der Waals surface area contributed by atoms with E-state index in [2.05, 4.69) is 15.9 Å². The van der Waals surface area contributed by atoms with Crippen LogP contribution < -0.4 is 4.31 Å². The Bertz CT molecular complexity index is 830. The van der Waals surface area contributed by atoms with Crippen molar-refractivity contribution in [2.45, 2.75) is 31.8 Å². The SMILES string of the molecule is Cc1ccc(S(=O)(=O)N(CC(=O)OC(C)C)c2ccc(Br)cc2)cc1. The zero-order valence-electron chi connectivity index (χ0n) is 14.3. The number of esters is 1. The van der Waals surface area contributed by atoms with Gasteiger partial charge in [0.1, 0.15) is 6.54 Å². The number of halogens is 1. The van der Waals surface area contributed by atoms with Gasteiger partial charge in [0.2, 0.25) is 0 Å². The molecule has 0 spiro atoms. The maximum absolute atomic E-state index is 13.1. The molecule has 0 aliphatic carbocycles. The molecule has 0 radical (unpaired) electrons. The molecule has 0 aromatic heterocycles. The number of benzene rings is 2. The van der Waals surface area contributed by atoms with Gasteiger partial charge in [-0.25, -0.2) is 8.42 Å². The smallest absolute Gasteiger partial charge is 0.327 e. The topological polar surface area (TPSA) is 63.7 Å². The highest BCUT2D eigenvalue weighted by atomic mass is 79.9. The Morgan fingerprint density at radius 2 is 1.64 bits per heavy atom. The second-order valence-corrected chi connectivity index (χ2v) is 8.62. The Labute approximate surface area is 156 Å². The average molecular weight is 426 g/mol. The predicted octanol–water partition coefficient (Wildman–Crippen LogP) is 3.90. The van der Waals surface area contributed by atoms with Crippen LogP contribution in [0, 0.1) is 6.92 Å². The second-order valence-electron chi connectivity index (χ2n) is 5.84. The van der Waals surface area contributed by atoms with Crippen LogP contribution in [0.1, 0.15) is 19.4 Å². The van der Waals surface area contributed by atoms with Crippen LogP contribution in [0.3, 0.4) is 0 Å². The average Bonchev–Trinajstić information content (AvgIpc) is 2.53. The lowest BCUT2D eigenvalue weighted by Gasteiger charge is -2.24. The minimum atomic E-state index is -3.90. The third-order valence-corrected chi connectivity index (χ3v) is 5.68. The minimum Gasteiger partial charge on any atom is -0.462 e. The van der Waals surface area contributed by atoms with Gasteiger partial charge >= 0.3 is 5.97 Å². The summed E-state index contributed by atoms with van der Waals surface area (Å²) >= 11 is 3.32. The number of ether oxygens (including phenoxy) is 1. The maximum atomic E-state index is 13.1. The molecule has 2 aromatic rings. The number of aryl methyl sites for hydroxylation is 1. The number of sulfonamides is 1. The van der Waals surface area contributed by atoms with E-state index in [1.165, 1.54) is 12.1 Å². The molecular formula is C18H20BrNO4S. The molecule has 0 amide bonds. The lowest BCUT2D eigenvalue weighted by atomic mass is 10.2. The first-order valence-electron chi connectivity index (χ1n) is 7.74. The van der Waals surface area contributed by atoms with Gasteiger partial charge in [0.05, 0.1) is 16.7 Å². The van der Waals surface area contributed by atoms with Crippen LogP contribution >= 0.6 is 15.9 Å². The molecule has 0 atom stereocenters. The van der Waals surface area contributed by atoms with Crippen LogP contribution in [-0.4, -0.2) is 27.0 Å². The zero-order valence-corrected chi connectivity index (χ0v) is 16.7. The quantitative estimate of drug-likeness (QED) is 0.658. The summed E-state index contributed by atoms with van der Waals surface area (Å²) in [5.74, 6) is -0.603. The van der Waals surface area contributed by atoms with E-state index in [1.54, 1.807) is 50.2 Å². The number of rotatable bonds is 6. The van der Waals surface area contributed by atoms with Crippen LogP contribution in [0.5, 0.6) is 0 Å². The number of carbonyl (C=O) groups is 1. The Hall–Kier alpha value is -1.86. The molecule has 0 heterocycles. The summed E-state index contributed by atoms with van der Waals surface area (Å²) in [6.45, 7) is 4.92. The minimum absolute atomic E-state index is 0.123. The second kappa shape index (κ2) is 8.01. The first kappa shape index (κ1) is 19.5. The van der Waals surface area contributed by atoms with Gasteiger partial charge in [-0.05, 0) is 57.2 Å². The van der Waals surface area contributed by atoms with E-state index >= 15 is 0 Å². The van der Waals surface area contributed by atoms with Gasteiger partial charge in [0, 0.05) is 4.47 Å². The van der Waals surface area contributed by atoms with E-state index < -0.39 is 22.5 Å². The molecule has 0 aliphatic rings. The van der Waals surface area contributed by atoms with Crippen molar-refractivity contribution in [3.8, 4) is 0 Å². The van der Waals surface area contributed by atoms with E-state index in [1.807, 2.05) is 6.92 Å². The Kier molecular flexibility index (Phi) is 6.24. The molecule has 25 heavy (non-hydrogen) atoms. The number of carbonyl (C=O) groups excluding carboxylic acids is 1. The maximum Gasteiger partial charge on any atom is 0.327 e. The fourth-order valence-corrected chi connectivity index (χ4v) is 3.85. The predicted molar refractivity (Wildman–Crippen MR) is 101 cm³/mol. The van der Waals surface area contributed by atoms with Crippen LogP contribution in [-0.2, 0) is 19.6 Å². The number of hydrogen-bond donors (Lipinski definition) is 0. The molecule has 0 N–H and O–H groups in total. The van der Waals surface area contributed by atoms with E-state index in [-0.39, 0.29) is 11.0 Å². The van der Waals surface area contributed by atoms with Crippen LogP contribution in [0.25, 0.3) is 0 Å². The standard InChI is InChI=1S/C18H20BrNO4S/c1-13(2)24-18(21)12-20(16-8-6-15(19)7-9-16)25(22,23)17-10-4-14(3)5-11-17/h4-11,13H,12H2,1-3H3. The molecule has 134 valence electrons. The monoisotopic (exact) mass is 425 g/mol. The van der Waals surface area contributed by atoms with Crippen molar-refractivity contribution in [3.63, 3.8) is 0 Å². The summed E-state index contributed by atoms with van der Waals surface area (Å²) in [6.07, 6.45) is -0.318. The van der Waals surface area contributed by atoms with Crippen molar-refractivity contribution in [1.29, 1.82) is 0 Å². The van der Waals surface area contributed by atoms with Gasteiger partial charge in [-0.2, -0.15) is 0 Å². The molecule has 0 bridgehead atoms. The molecule has 0 fully saturated rings. The van der Waals surface area contributed by atoms with Gasteiger partial charge in [0.25, 0.3) is 10.0 Å². The van der Waals surface area contributed by atoms with E-state index in [9.17, 15) is 13.2 Å². The van der Waals surface area contributed by atoms with Crippen molar-refractivity contribution in [2.75, 3.05) is 10.8 Å². The summed E-state index contributed by atoms with van der Waals surface area (Å²) in [6, 6.07) is 13.2. The van der Waals surface area contributed by atoms with Crippen molar-refractivity contribution in [3.05, 3.63) is 58.6 Å². The highest BCUT2D eigenvalue weighted by Crippen LogP contribution is 2.25. The molecule has 0 aliphatic heterocycles. The third-order valence-electron chi connectivity index (χ3n) is 3.36. The molecule has 2 rings (SSSR count). The molecule has 7 heteroatoms. The normalized spacial score (nSPS) is 11.4. The number of nitrogens with zero attached hydrogens (tertiary/aromatic N) is 1. The van der Waals surface area contributed by atoms with Crippen LogP contribution in [0.2, 0.25) is 0 Å². The zero-order chi connectivity index (χ0) is 18.6. The fraction of sp³-hybridized carbons (Fsp3) is 0.278. The highest BCUT2D eigenvalue weighted by molar-refractivity contribution is 9.10. The fourth-order valence-electron chi connectivity index (χ4n) is 2.18. The van der Waals surface area contributed by atoms with Gasteiger partial charge in [-0.1, -0.05) is 33.6 Å². The summed E-state index contributed by atoms with van der Waals surface area (Å²) < 4.78 is 33.1. The van der Waals surface area contributed by atoms with Gasteiger partial charge in [-0.3, -0.25) is 9.10 Å². The lowest BCUT2D eigenvalue weighted by Crippen LogP contribution is -2.37. The first-order valence-corrected chi connectivity index (χ1v) is 9.98. The molecule has 0 unspecified atom stereocenters. The molecule has 0 saturated carbocycles. The van der Waals surface area contributed by atoms with Crippen molar-refractivity contribution >= 4 is 37.6 Å². The third kappa shape index (κ3) is 5.06. The van der Waals surface area contributed by atoms with E-state index in [0.29, 0.717) is 5.69 Å². The molecule has 2 aromatic carbocycles. The molecular weight excluding hydrogens is 406 g/mol. The summed E-state index contributed by atoms with van der Waals surface area (Å²) in [5, 5.41) is 0. The number of anilines is 1. The molecule has 5 nitrogen and oxygen atoms in total. The first-order chi connectivity index (χ1) is 11.7. The Morgan fingerprint density at radius 3 is 2.16 bits per heavy atom. The van der Waals surface area contributed by atoms with Gasteiger partial charge in [-0.15, -0.1) is 0 Å². The van der Waals surface area contributed by atoms with Crippen molar-refractivity contribution < 1.29 is 17.9 Å². The molecule has 0 saturated heterocycles. The summed E-state index contributed by atoms with van der Waals surface area (Å²) in [4.78, 5) is 12.2.